The summed E-state index contributed by atoms with van der Waals surface area (Å²) in [5.74, 6) is -2.29. The number of rotatable bonds is 6. The van der Waals surface area contributed by atoms with Gasteiger partial charge in [-0.3, -0.25) is 4.79 Å². The number of halogens is 4. The Morgan fingerprint density at radius 1 is 1.33 bits per heavy atom. The summed E-state index contributed by atoms with van der Waals surface area (Å²) in [5, 5.41) is 2.36. The molecule has 0 atom stereocenters. The van der Waals surface area contributed by atoms with E-state index < -0.39 is 23.1 Å². The van der Waals surface area contributed by atoms with E-state index in [4.69, 9.17) is 16.3 Å². The summed E-state index contributed by atoms with van der Waals surface area (Å²) in [6, 6.07) is 2.06. The van der Waals surface area contributed by atoms with Gasteiger partial charge in [0.1, 0.15) is 17.2 Å². The van der Waals surface area contributed by atoms with Crippen molar-refractivity contribution in [3.8, 4) is 0 Å². The first-order valence-corrected chi connectivity index (χ1v) is 6.45. The molecule has 7 heteroatoms. The van der Waals surface area contributed by atoms with E-state index in [9.17, 15) is 13.6 Å². The van der Waals surface area contributed by atoms with Crippen LogP contribution in [0.4, 0.5) is 8.78 Å². The van der Waals surface area contributed by atoms with Crippen molar-refractivity contribution in [2.45, 2.75) is 0 Å². The Morgan fingerprint density at radius 2 is 1.94 bits per heavy atom. The van der Waals surface area contributed by atoms with Gasteiger partial charge in [-0.1, -0.05) is 15.9 Å². The molecule has 0 aliphatic carbocycles. The zero-order chi connectivity index (χ0) is 13.5. The van der Waals surface area contributed by atoms with Gasteiger partial charge in [0.15, 0.2) is 0 Å². The molecule has 0 heterocycles. The maximum absolute atomic E-state index is 13.4. The molecular weight excluding hydrogens is 331 g/mol. The van der Waals surface area contributed by atoms with E-state index >= 15 is 0 Å². The van der Waals surface area contributed by atoms with Crippen LogP contribution in [0.5, 0.6) is 0 Å². The smallest absolute Gasteiger partial charge is 0.257 e. The molecule has 100 valence electrons. The highest BCUT2D eigenvalue weighted by molar-refractivity contribution is 9.10. The average Bonchev–Trinajstić information content (AvgIpc) is 2.27. The zero-order valence-corrected chi connectivity index (χ0v) is 11.7. The third-order valence-electron chi connectivity index (χ3n) is 1.99. The van der Waals surface area contributed by atoms with Gasteiger partial charge in [-0.15, -0.1) is 11.6 Å². The van der Waals surface area contributed by atoms with Crippen LogP contribution in [-0.2, 0) is 4.74 Å². The third kappa shape index (κ3) is 4.51. The molecule has 0 saturated heterocycles. The fourth-order valence-corrected chi connectivity index (χ4v) is 1.75. The second-order valence-electron chi connectivity index (χ2n) is 3.30. The molecule has 3 nitrogen and oxygen atoms in total. The number of nitrogens with one attached hydrogen (secondary N) is 1. The quantitative estimate of drug-likeness (QED) is 0.638. The highest BCUT2D eigenvalue weighted by atomic mass is 79.9. The Balaban J connectivity index is 2.57. The Hall–Kier alpha value is -0.720. The molecule has 1 amide bonds. The number of hydrogen-bond acceptors (Lipinski definition) is 2. The summed E-state index contributed by atoms with van der Waals surface area (Å²) in [4.78, 5) is 11.5. The predicted octanol–water partition coefficient (Wildman–Crippen LogP) is 2.71. The minimum absolute atomic E-state index is 0.157. The normalized spacial score (nSPS) is 10.4. The molecule has 0 bridgehead atoms. The lowest BCUT2D eigenvalue weighted by Crippen LogP contribution is -2.29. The maximum atomic E-state index is 13.4. The van der Waals surface area contributed by atoms with Crippen LogP contribution in [-0.4, -0.2) is 31.5 Å². The van der Waals surface area contributed by atoms with Crippen LogP contribution in [0.15, 0.2) is 16.6 Å². The first-order valence-electron chi connectivity index (χ1n) is 5.12. The van der Waals surface area contributed by atoms with Gasteiger partial charge in [0.2, 0.25) is 0 Å². The lowest BCUT2D eigenvalue weighted by atomic mass is 10.2. The summed E-state index contributed by atoms with van der Waals surface area (Å²) in [6.45, 7) is 0.751. The molecule has 18 heavy (non-hydrogen) atoms. The van der Waals surface area contributed by atoms with Gasteiger partial charge in [-0.05, 0) is 12.1 Å². The van der Waals surface area contributed by atoms with Gasteiger partial charge in [0.25, 0.3) is 5.91 Å². The SMILES string of the molecule is O=C(NCCOCCCl)c1c(F)cc(Br)cc1F. The van der Waals surface area contributed by atoms with Crippen molar-refractivity contribution in [1.82, 2.24) is 5.32 Å². The summed E-state index contributed by atoms with van der Waals surface area (Å²) in [6.07, 6.45) is 0. The highest BCUT2D eigenvalue weighted by Crippen LogP contribution is 2.19. The van der Waals surface area contributed by atoms with E-state index in [1.165, 1.54) is 0 Å². The Labute approximate surface area is 117 Å². The van der Waals surface area contributed by atoms with Crippen molar-refractivity contribution in [2.24, 2.45) is 0 Å². The molecule has 0 aliphatic heterocycles. The van der Waals surface area contributed by atoms with Gasteiger partial charge in [0, 0.05) is 16.9 Å². The molecule has 1 aromatic carbocycles. The second kappa shape index (κ2) is 7.66. The summed E-state index contributed by atoms with van der Waals surface area (Å²) < 4.78 is 32.1. The molecule has 0 aliphatic rings. The van der Waals surface area contributed by atoms with Gasteiger partial charge < -0.3 is 10.1 Å². The molecule has 0 spiro atoms. The zero-order valence-electron chi connectivity index (χ0n) is 9.31. The minimum Gasteiger partial charge on any atom is -0.378 e. The van der Waals surface area contributed by atoms with Gasteiger partial charge >= 0.3 is 0 Å². The van der Waals surface area contributed by atoms with E-state index in [1.807, 2.05) is 0 Å². The lowest BCUT2D eigenvalue weighted by molar-refractivity contribution is 0.0915. The topological polar surface area (TPSA) is 38.3 Å². The second-order valence-corrected chi connectivity index (χ2v) is 4.60. The molecule has 1 aromatic rings. The Kier molecular flexibility index (Phi) is 6.52. The highest BCUT2D eigenvalue weighted by Gasteiger charge is 2.17. The molecule has 0 aromatic heterocycles. The number of ether oxygens (including phenoxy) is 1. The molecule has 1 rings (SSSR count). The first-order chi connectivity index (χ1) is 8.56. The number of hydrogen-bond donors (Lipinski definition) is 1. The van der Waals surface area contributed by atoms with Gasteiger partial charge in [-0.2, -0.15) is 0 Å². The minimum atomic E-state index is -0.916. The fourth-order valence-electron chi connectivity index (χ4n) is 1.24. The molecule has 0 saturated carbocycles. The monoisotopic (exact) mass is 341 g/mol. The number of amides is 1. The van der Waals surface area contributed by atoms with Crippen LogP contribution in [0.3, 0.4) is 0 Å². The largest absolute Gasteiger partial charge is 0.378 e. The van der Waals surface area contributed by atoms with Crippen molar-refractivity contribution in [3.05, 3.63) is 33.8 Å². The van der Waals surface area contributed by atoms with Crippen LogP contribution in [0.2, 0.25) is 0 Å². The molecular formula is C11H11BrClF2NO2. The molecule has 0 fully saturated rings. The van der Waals surface area contributed by atoms with E-state index in [2.05, 4.69) is 21.2 Å². The number of benzene rings is 1. The fraction of sp³-hybridized carbons (Fsp3) is 0.364. The van der Waals surface area contributed by atoms with Crippen molar-refractivity contribution >= 4 is 33.4 Å². The number of carbonyl (C=O) groups is 1. The third-order valence-corrected chi connectivity index (χ3v) is 2.60. The summed E-state index contributed by atoms with van der Waals surface area (Å²) in [5.41, 5.74) is -0.601. The van der Waals surface area contributed by atoms with Crippen molar-refractivity contribution in [3.63, 3.8) is 0 Å². The van der Waals surface area contributed by atoms with Gasteiger partial charge in [-0.25, -0.2) is 8.78 Å². The van der Waals surface area contributed by atoms with Crippen molar-refractivity contribution in [2.75, 3.05) is 25.6 Å². The van der Waals surface area contributed by atoms with Gasteiger partial charge in [0.05, 0.1) is 13.2 Å². The van der Waals surface area contributed by atoms with Crippen LogP contribution in [0.25, 0.3) is 0 Å². The standard InChI is InChI=1S/C11H11BrClF2NO2/c12-7-5-8(14)10(9(15)6-7)11(17)16-2-4-18-3-1-13/h5-6H,1-4H2,(H,16,17). The van der Waals surface area contributed by atoms with Crippen LogP contribution >= 0.6 is 27.5 Å². The lowest BCUT2D eigenvalue weighted by Gasteiger charge is -2.07. The Bertz CT molecular complexity index is 408. The first kappa shape index (κ1) is 15.3. The predicted molar refractivity (Wildman–Crippen MR) is 67.9 cm³/mol. The van der Waals surface area contributed by atoms with Crippen LogP contribution < -0.4 is 5.32 Å². The van der Waals surface area contributed by atoms with E-state index in [0.29, 0.717) is 12.5 Å². The van der Waals surface area contributed by atoms with Crippen molar-refractivity contribution in [1.29, 1.82) is 0 Å². The van der Waals surface area contributed by atoms with E-state index in [1.54, 1.807) is 0 Å². The average molecular weight is 343 g/mol. The number of alkyl halides is 1. The molecule has 0 unspecified atom stereocenters. The molecule has 1 N–H and O–H groups in total. The van der Waals surface area contributed by atoms with E-state index in [-0.39, 0.29) is 17.6 Å². The Morgan fingerprint density at radius 3 is 2.50 bits per heavy atom. The number of carbonyl (C=O) groups excluding carboxylic acids is 1. The van der Waals surface area contributed by atoms with E-state index in [0.717, 1.165) is 12.1 Å². The summed E-state index contributed by atoms with van der Waals surface area (Å²) in [7, 11) is 0. The van der Waals surface area contributed by atoms with Crippen molar-refractivity contribution < 1.29 is 18.3 Å². The maximum Gasteiger partial charge on any atom is 0.257 e. The summed E-state index contributed by atoms with van der Waals surface area (Å²) >= 11 is 8.31. The van der Waals surface area contributed by atoms with Crippen LogP contribution in [0.1, 0.15) is 10.4 Å². The molecule has 0 radical (unpaired) electrons. The van der Waals surface area contributed by atoms with Crippen LogP contribution in [0, 0.1) is 11.6 Å².